The quantitative estimate of drug-likeness (QED) is 0.790. The fourth-order valence-electron chi connectivity index (χ4n) is 1.60. The van der Waals surface area contributed by atoms with Crippen LogP contribution in [0.4, 0.5) is 0 Å². The number of hydrogen-bond donors (Lipinski definition) is 0. The summed E-state index contributed by atoms with van der Waals surface area (Å²) in [4.78, 5) is 13.3. The molecular formula is C15H13ClO3S. The molecule has 0 N–H and O–H groups in total. The number of halogens is 1. The predicted molar refractivity (Wildman–Crippen MR) is 79.9 cm³/mol. The molecule has 2 aromatic rings. The van der Waals surface area contributed by atoms with E-state index in [0.29, 0.717) is 10.6 Å². The first-order valence-corrected chi connectivity index (χ1v) is 7.03. The maximum atomic E-state index is 11.3. The summed E-state index contributed by atoms with van der Waals surface area (Å²) in [5.41, 5.74) is 0.526. The van der Waals surface area contributed by atoms with Crippen LogP contribution in [0.1, 0.15) is 10.4 Å². The van der Waals surface area contributed by atoms with Gasteiger partial charge in [-0.25, -0.2) is 4.79 Å². The first-order chi connectivity index (χ1) is 9.63. The van der Waals surface area contributed by atoms with Gasteiger partial charge in [0.05, 0.1) is 24.8 Å². The lowest BCUT2D eigenvalue weighted by atomic mass is 10.2. The Balaban J connectivity index is 2.16. The molecule has 0 unspecified atom stereocenters. The van der Waals surface area contributed by atoms with E-state index in [0.717, 1.165) is 15.5 Å². The normalized spacial score (nSPS) is 10.2. The van der Waals surface area contributed by atoms with Gasteiger partial charge < -0.3 is 9.47 Å². The van der Waals surface area contributed by atoms with Crippen LogP contribution < -0.4 is 4.74 Å². The van der Waals surface area contributed by atoms with Gasteiger partial charge in [0.2, 0.25) is 0 Å². The van der Waals surface area contributed by atoms with E-state index in [1.54, 1.807) is 25.3 Å². The zero-order valence-corrected chi connectivity index (χ0v) is 12.6. The SMILES string of the molecule is COC(=O)c1ccc(Sc2ccc(OC)cc2Cl)cc1. The summed E-state index contributed by atoms with van der Waals surface area (Å²) in [5.74, 6) is 0.379. The van der Waals surface area contributed by atoms with Crippen LogP contribution in [-0.2, 0) is 4.74 Å². The molecule has 104 valence electrons. The Labute approximate surface area is 126 Å². The van der Waals surface area contributed by atoms with Crippen LogP contribution >= 0.6 is 23.4 Å². The third-order valence-corrected chi connectivity index (χ3v) is 4.15. The number of benzene rings is 2. The molecule has 0 aliphatic heterocycles. The third kappa shape index (κ3) is 3.46. The molecule has 0 saturated carbocycles. The molecule has 0 heterocycles. The predicted octanol–water partition coefficient (Wildman–Crippen LogP) is 4.29. The van der Waals surface area contributed by atoms with Gasteiger partial charge >= 0.3 is 5.97 Å². The van der Waals surface area contributed by atoms with E-state index in [1.807, 2.05) is 24.3 Å². The largest absolute Gasteiger partial charge is 0.497 e. The summed E-state index contributed by atoms with van der Waals surface area (Å²) in [7, 11) is 2.96. The highest BCUT2D eigenvalue weighted by molar-refractivity contribution is 7.99. The number of carbonyl (C=O) groups is 1. The highest BCUT2D eigenvalue weighted by Crippen LogP contribution is 2.35. The highest BCUT2D eigenvalue weighted by Gasteiger charge is 2.07. The molecule has 2 aromatic carbocycles. The maximum absolute atomic E-state index is 11.3. The fraction of sp³-hybridized carbons (Fsp3) is 0.133. The Hall–Kier alpha value is -1.65. The van der Waals surface area contributed by atoms with E-state index in [9.17, 15) is 4.79 Å². The topological polar surface area (TPSA) is 35.5 Å². The smallest absolute Gasteiger partial charge is 0.337 e. The van der Waals surface area contributed by atoms with Gasteiger partial charge in [-0.3, -0.25) is 0 Å². The van der Waals surface area contributed by atoms with Gasteiger partial charge in [-0.2, -0.15) is 0 Å². The average Bonchev–Trinajstić information content (AvgIpc) is 2.49. The van der Waals surface area contributed by atoms with Crippen molar-refractivity contribution in [2.45, 2.75) is 9.79 Å². The van der Waals surface area contributed by atoms with Crippen molar-refractivity contribution in [2.24, 2.45) is 0 Å². The van der Waals surface area contributed by atoms with Crippen LogP contribution in [0, 0.1) is 0 Å². The summed E-state index contributed by atoms with van der Waals surface area (Å²) in [6.07, 6.45) is 0. The minimum absolute atomic E-state index is 0.343. The summed E-state index contributed by atoms with van der Waals surface area (Å²) in [6, 6.07) is 12.7. The molecule has 0 bridgehead atoms. The molecule has 0 aromatic heterocycles. The van der Waals surface area contributed by atoms with Crippen molar-refractivity contribution in [1.29, 1.82) is 0 Å². The zero-order chi connectivity index (χ0) is 14.5. The minimum Gasteiger partial charge on any atom is -0.497 e. The molecule has 0 atom stereocenters. The van der Waals surface area contributed by atoms with Gasteiger partial charge in [-0.05, 0) is 42.5 Å². The molecule has 20 heavy (non-hydrogen) atoms. The van der Waals surface area contributed by atoms with Gasteiger partial charge in [0.15, 0.2) is 0 Å². The maximum Gasteiger partial charge on any atom is 0.337 e. The van der Waals surface area contributed by atoms with E-state index >= 15 is 0 Å². The van der Waals surface area contributed by atoms with Gasteiger partial charge in [0.1, 0.15) is 5.75 Å². The molecule has 2 rings (SSSR count). The molecular weight excluding hydrogens is 296 g/mol. The molecule has 0 amide bonds. The molecule has 0 fully saturated rings. The lowest BCUT2D eigenvalue weighted by Gasteiger charge is -2.07. The van der Waals surface area contributed by atoms with Crippen LogP contribution in [0.3, 0.4) is 0 Å². The first-order valence-electron chi connectivity index (χ1n) is 5.84. The Bertz CT molecular complexity index is 611. The van der Waals surface area contributed by atoms with Crippen molar-refractivity contribution < 1.29 is 14.3 Å². The molecule has 0 saturated heterocycles. The standard InChI is InChI=1S/C15H13ClO3S/c1-18-11-5-8-14(13(16)9-11)20-12-6-3-10(4-7-12)15(17)19-2/h3-9H,1-2H3. The number of esters is 1. The van der Waals surface area contributed by atoms with Gasteiger partial charge in [-0.1, -0.05) is 23.4 Å². The van der Waals surface area contributed by atoms with Crippen LogP contribution in [0.5, 0.6) is 5.75 Å². The Morgan fingerprint density at radius 2 is 1.80 bits per heavy atom. The van der Waals surface area contributed by atoms with E-state index in [2.05, 4.69) is 4.74 Å². The summed E-state index contributed by atoms with van der Waals surface area (Å²) >= 11 is 7.71. The lowest BCUT2D eigenvalue weighted by molar-refractivity contribution is 0.0600. The zero-order valence-electron chi connectivity index (χ0n) is 11.1. The van der Waals surface area contributed by atoms with Crippen LogP contribution in [0.2, 0.25) is 5.02 Å². The van der Waals surface area contributed by atoms with Crippen molar-refractivity contribution in [3.8, 4) is 5.75 Å². The number of hydrogen-bond acceptors (Lipinski definition) is 4. The second kappa shape index (κ2) is 6.68. The Morgan fingerprint density at radius 3 is 2.35 bits per heavy atom. The second-order valence-electron chi connectivity index (χ2n) is 3.91. The monoisotopic (exact) mass is 308 g/mol. The van der Waals surface area contributed by atoms with E-state index in [1.165, 1.54) is 18.9 Å². The van der Waals surface area contributed by atoms with Gasteiger partial charge in [0, 0.05) is 9.79 Å². The number of rotatable bonds is 4. The summed E-state index contributed by atoms with van der Waals surface area (Å²) in [6.45, 7) is 0. The molecule has 5 heteroatoms. The van der Waals surface area contributed by atoms with E-state index in [4.69, 9.17) is 16.3 Å². The fourth-order valence-corrected chi connectivity index (χ4v) is 2.70. The van der Waals surface area contributed by atoms with Gasteiger partial charge in [-0.15, -0.1) is 0 Å². The van der Waals surface area contributed by atoms with Crippen molar-refractivity contribution >= 4 is 29.3 Å². The highest BCUT2D eigenvalue weighted by atomic mass is 35.5. The molecule has 0 radical (unpaired) electrons. The number of methoxy groups -OCH3 is 2. The van der Waals surface area contributed by atoms with E-state index < -0.39 is 0 Å². The third-order valence-electron chi connectivity index (χ3n) is 2.64. The van der Waals surface area contributed by atoms with Crippen LogP contribution in [0.15, 0.2) is 52.3 Å². The van der Waals surface area contributed by atoms with Crippen LogP contribution in [-0.4, -0.2) is 20.2 Å². The summed E-state index contributed by atoms with van der Waals surface area (Å²) < 4.78 is 9.77. The van der Waals surface area contributed by atoms with Crippen molar-refractivity contribution in [3.05, 3.63) is 53.1 Å². The van der Waals surface area contributed by atoms with Crippen LogP contribution in [0.25, 0.3) is 0 Å². The van der Waals surface area contributed by atoms with Crippen molar-refractivity contribution in [1.82, 2.24) is 0 Å². The summed E-state index contributed by atoms with van der Waals surface area (Å²) in [5, 5.41) is 0.631. The molecule has 0 spiro atoms. The second-order valence-corrected chi connectivity index (χ2v) is 5.44. The average molecular weight is 309 g/mol. The molecule has 0 aliphatic carbocycles. The lowest BCUT2D eigenvalue weighted by Crippen LogP contribution is -2.00. The molecule has 0 aliphatic rings. The number of carbonyl (C=O) groups excluding carboxylic acids is 1. The first kappa shape index (κ1) is 14.8. The van der Waals surface area contributed by atoms with Gasteiger partial charge in [0.25, 0.3) is 0 Å². The molecule has 3 nitrogen and oxygen atoms in total. The Kier molecular flexibility index (Phi) is 4.93. The minimum atomic E-state index is -0.343. The number of ether oxygens (including phenoxy) is 2. The van der Waals surface area contributed by atoms with E-state index in [-0.39, 0.29) is 5.97 Å². The van der Waals surface area contributed by atoms with Crippen molar-refractivity contribution in [3.63, 3.8) is 0 Å². The Morgan fingerprint density at radius 1 is 1.10 bits per heavy atom. The van der Waals surface area contributed by atoms with Crippen molar-refractivity contribution in [2.75, 3.05) is 14.2 Å².